The average molecular weight is 313 g/mol. The van der Waals surface area contributed by atoms with E-state index in [0.29, 0.717) is 19.6 Å². The number of benzene rings is 1. The molecule has 2 saturated heterocycles. The highest BCUT2D eigenvalue weighted by Gasteiger charge is 2.33. The molecule has 2 fully saturated rings. The summed E-state index contributed by atoms with van der Waals surface area (Å²) < 4.78 is 0. The molecule has 1 aromatic carbocycles. The Morgan fingerprint density at radius 2 is 1.90 bits per heavy atom. The lowest BCUT2D eigenvalue weighted by molar-refractivity contribution is -0.667. The van der Waals surface area contributed by atoms with Gasteiger partial charge in [0, 0.05) is 37.4 Å². The zero-order valence-corrected chi connectivity index (χ0v) is 12.7. The van der Waals surface area contributed by atoms with Crippen molar-refractivity contribution in [2.45, 2.75) is 18.9 Å². The number of piperazine rings is 1. The van der Waals surface area contributed by atoms with Crippen molar-refractivity contribution >= 4 is 18.1 Å². The average Bonchev–Trinajstić information content (AvgIpc) is 3.01. The Bertz CT molecular complexity index is 494. The summed E-state index contributed by atoms with van der Waals surface area (Å²) in [7, 11) is 0. The van der Waals surface area contributed by atoms with Crippen LogP contribution >= 0.6 is 12.4 Å². The van der Waals surface area contributed by atoms with Gasteiger partial charge in [0.2, 0.25) is 0 Å². The molecule has 0 saturated carbocycles. The maximum absolute atomic E-state index is 11.3. The predicted molar refractivity (Wildman–Crippen MR) is 84.4 cm³/mol. The van der Waals surface area contributed by atoms with E-state index in [1.54, 1.807) is 0 Å². The van der Waals surface area contributed by atoms with Crippen LogP contribution in [0.4, 0.5) is 5.69 Å². The van der Waals surface area contributed by atoms with Gasteiger partial charge in [0.25, 0.3) is 0 Å². The quantitative estimate of drug-likeness (QED) is 0.682. The summed E-state index contributed by atoms with van der Waals surface area (Å²) in [5, 5.41) is 15.6. The number of anilines is 1. The number of para-hydroxylation sites is 1. The summed E-state index contributed by atoms with van der Waals surface area (Å²) in [6.07, 6.45) is 2.41. The highest BCUT2D eigenvalue weighted by atomic mass is 35.5. The minimum absolute atomic E-state index is 0. The highest BCUT2D eigenvalue weighted by molar-refractivity contribution is 5.85. The lowest BCUT2D eigenvalue weighted by Crippen LogP contribution is -2.48. The third kappa shape index (κ3) is 3.22. The molecular weight excluding hydrogens is 292 g/mol. The summed E-state index contributed by atoms with van der Waals surface area (Å²) >= 11 is 0. The fourth-order valence-corrected chi connectivity index (χ4v) is 3.17. The largest absolute Gasteiger partial charge is 0.371 e. The maximum atomic E-state index is 11.3. The highest BCUT2D eigenvalue weighted by Crippen LogP contribution is 2.32. The number of halogens is 1. The summed E-state index contributed by atoms with van der Waals surface area (Å²) in [6, 6.07) is 7.93. The molecule has 1 aromatic rings. The molecule has 1 unspecified atom stereocenters. The van der Waals surface area contributed by atoms with Crippen molar-refractivity contribution in [2.75, 3.05) is 37.6 Å². The van der Waals surface area contributed by atoms with Gasteiger partial charge in [0.05, 0.1) is 6.54 Å². The number of hydrazine groups is 1. The standard InChI is InChI=1S/C14H20N4O2.ClH/c19-18(20)17-10-7-15-11-14(17)12-5-1-2-6-13(12)16-8-3-4-9-16;/h1-2,5-6,14-15H,3-4,7-11H2;1H. The van der Waals surface area contributed by atoms with E-state index < -0.39 is 0 Å². The van der Waals surface area contributed by atoms with Gasteiger partial charge in [0.1, 0.15) is 6.04 Å². The predicted octanol–water partition coefficient (Wildman–Crippen LogP) is 1.85. The number of nitrogens with one attached hydrogen (secondary N) is 1. The minimum Gasteiger partial charge on any atom is -0.371 e. The molecule has 0 radical (unpaired) electrons. The molecule has 0 aliphatic carbocycles. The summed E-state index contributed by atoms with van der Waals surface area (Å²) in [5.41, 5.74) is 2.23. The molecular formula is C14H21ClN4O2. The van der Waals surface area contributed by atoms with Crippen molar-refractivity contribution in [3.05, 3.63) is 39.9 Å². The van der Waals surface area contributed by atoms with Crippen LogP contribution in [0.1, 0.15) is 24.4 Å². The van der Waals surface area contributed by atoms with Crippen molar-refractivity contribution in [3.8, 4) is 0 Å². The Labute approximate surface area is 130 Å². The van der Waals surface area contributed by atoms with Crippen LogP contribution in [0.25, 0.3) is 0 Å². The molecule has 3 rings (SSSR count). The van der Waals surface area contributed by atoms with Crippen molar-refractivity contribution in [2.24, 2.45) is 0 Å². The number of hydrogen-bond acceptors (Lipinski definition) is 4. The second-order valence-corrected chi connectivity index (χ2v) is 5.37. The van der Waals surface area contributed by atoms with E-state index in [1.807, 2.05) is 18.2 Å². The van der Waals surface area contributed by atoms with Gasteiger partial charge < -0.3 is 10.2 Å². The second kappa shape index (κ2) is 6.95. The van der Waals surface area contributed by atoms with Crippen LogP contribution in [0.5, 0.6) is 0 Å². The lowest BCUT2D eigenvalue weighted by Gasteiger charge is -2.32. The molecule has 2 heterocycles. The topological polar surface area (TPSA) is 61.7 Å². The van der Waals surface area contributed by atoms with Gasteiger partial charge in [-0.3, -0.25) is 0 Å². The van der Waals surface area contributed by atoms with Crippen LogP contribution in [-0.2, 0) is 0 Å². The third-order valence-electron chi connectivity index (χ3n) is 4.17. The molecule has 0 spiro atoms. The van der Waals surface area contributed by atoms with Gasteiger partial charge in [-0.25, -0.2) is 10.1 Å². The first-order valence-corrected chi connectivity index (χ1v) is 7.23. The maximum Gasteiger partial charge on any atom is 0.160 e. The molecule has 0 amide bonds. The van der Waals surface area contributed by atoms with E-state index in [9.17, 15) is 10.1 Å². The summed E-state index contributed by atoms with van der Waals surface area (Å²) in [4.78, 5) is 13.6. The smallest absolute Gasteiger partial charge is 0.160 e. The zero-order chi connectivity index (χ0) is 13.9. The van der Waals surface area contributed by atoms with Gasteiger partial charge >= 0.3 is 0 Å². The molecule has 7 heteroatoms. The number of nitrogens with zero attached hydrogens (tertiary/aromatic N) is 3. The molecule has 116 valence electrons. The van der Waals surface area contributed by atoms with Crippen LogP contribution in [0, 0.1) is 10.1 Å². The Kier molecular flexibility index (Phi) is 5.25. The minimum atomic E-state index is -0.258. The molecule has 2 aliphatic rings. The lowest BCUT2D eigenvalue weighted by atomic mass is 10.0. The van der Waals surface area contributed by atoms with E-state index >= 15 is 0 Å². The van der Waals surface area contributed by atoms with Crippen LogP contribution < -0.4 is 10.2 Å². The van der Waals surface area contributed by atoms with Crippen molar-refractivity contribution in [1.82, 2.24) is 10.3 Å². The molecule has 1 N–H and O–H groups in total. The second-order valence-electron chi connectivity index (χ2n) is 5.37. The zero-order valence-electron chi connectivity index (χ0n) is 11.9. The molecule has 2 aliphatic heterocycles. The van der Waals surface area contributed by atoms with E-state index in [1.165, 1.54) is 17.9 Å². The fraction of sp³-hybridized carbons (Fsp3) is 0.571. The van der Waals surface area contributed by atoms with Gasteiger partial charge in [-0.15, -0.1) is 17.4 Å². The number of rotatable bonds is 3. The Balaban J connectivity index is 0.00000161. The third-order valence-corrected chi connectivity index (χ3v) is 4.17. The summed E-state index contributed by atoms with van der Waals surface area (Å²) in [5.74, 6) is 0. The van der Waals surface area contributed by atoms with Crippen molar-refractivity contribution < 1.29 is 5.03 Å². The van der Waals surface area contributed by atoms with E-state index in [0.717, 1.165) is 24.3 Å². The number of hydrogen-bond donors (Lipinski definition) is 1. The molecule has 1 atom stereocenters. The molecule has 0 bridgehead atoms. The summed E-state index contributed by atoms with van der Waals surface area (Å²) in [6.45, 7) is 3.85. The van der Waals surface area contributed by atoms with Gasteiger partial charge in [-0.2, -0.15) is 0 Å². The van der Waals surface area contributed by atoms with E-state index in [4.69, 9.17) is 0 Å². The first-order chi connectivity index (χ1) is 9.77. The van der Waals surface area contributed by atoms with E-state index in [2.05, 4.69) is 16.3 Å². The molecule has 6 nitrogen and oxygen atoms in total. The van der Waals surface area contributed by atoms with Crippen molar-refractivity contribution in [1.29, 1.82) is 0 Å². The monoisotopic (exact) mass is 312 g/mol. The fourth-order valence-electron chi connectivity index (χ4n) is 3.17. The van der Waals surface area contributed by atoms with Crippen LogP contribution in [0.15, 0.2) is 24.3 Å². The molecule has 21 heavy (non-hydrogen) atoms. The van der Waals surface area contributed by atoms with Gasteiger partial charge in [-0.05, 0) is 18.9 Å². The Hall–Kier alpha value is -1.53. The van der Waals surface area contributed by atoms with E-state index in [-0.39, 0.29) is 23.5 Å². The number of nitro groups is 1. The normalized spacial score (nSPS) is 22.0. The van der Waals surface area contributed by atoms with Crippen LogP contribution in [0.2, 0.25) is 0 Å². The molecule has 0 aromatic heterocycles. The first-order valence-electron chi connectivity index (χ1n) is 7.23. The Morgan fingerprint density at radius 3 is 2.62 bits per heavy atom. The van der Waals surface area contributed by atoms with Crippen LogP contribution in [0.3, 0.4) is 0 Å². The Morgan fingerprint density at radius 1 is 1.19 bits per heavy atom. The van der Waals surface area contributed by atoms with Crippen LogP contribution in [-0.4, -0.2) is 42.8 Å². The van der Waals surface area contributed by atoms with Gasteiger partial charge in [-0.1, -0.05) is 18.2 Å². The SMILES string of the molecule is Cl.O=[N+]([O-])N1CCNCC1c1ccccc1N1CCCC1. The van der Waals surface area contributed by atoms with Gasteiger partial charge in [0.15, 0.2) is 5.03 Å². The van der Waals surface area contributed by atoms with Crippen molar-refractivity contribution in [3.63, 3.8) is 0 Å². The first kappa shape index (κ1) is 15.9.